The Kier molecular flexibility index (Phi) is 3.89. The highest BCUT2D eigenvalue weighted by Gasteiger charge is 2.18. The van der Waals surface area contributed by atoms with Crippen molar-refractivity contribution >= 4 is 38.3 Å². The number of anilines is 1. The number of fused-ring (bicyclic) bond motifs is 1. The van der Waals surface area contributed by atoms with Crippen molar-refractivity contribution in [3.05, 3.63) is 57.7 Å². The summed E-state index contributed by atoms with van der Waals surface area (Å²) < 4.78 is 43.2. The SMILES string of the molecule is Cn1c(=O)n(C)c2cc(S(=O)(=O)Nc3ccc(F)cc3Cl)ccc21. The fourth-order valence-electron chi connectivity index (χ4n) is 2.43. The van der Waals surface area contributed by atoms with E-state index in [-0.39, 0.29) is 21.3 Å². The van der Waals surface area contributed by atoms with Gasteiger partial charge >= 0.3 is 5.69 Å². The number of nitrogens with one attached hydrogen (secondary N) is 1. The summed E-state index contributed by atoms with van der Waals surface area (Å²) in [6, 6.07) is 7.71. The number of aromatic nitrogens is 2. The molecule has 3 rings (SSSR count). The summed E-state index contributed by atoms with van der Waals surface area (Å²) in [5.74, 6) is -0.566. The number of rotatable bonds is 3. The van der Waals surface area contributed by atoms with Gasteiger partial charge in [-0.3, -0.25) is 13.9 Å². The number of hydrogen-bond acceptors (Lipinski definition) is 3. The number of halogens is 2. The molecule has 0 aliphatic carbocycles. The van der Waals surface area contributed by atoms with Gasteiger partial charge in [0.2, 0.25) is 0 Å². The lowest BCUT2D eigenvalue weighted by atomic mass is 10.3. The number of hydrogen-bond donors (Lipinski definition) is 1. The van der Waals surface area contributed by atoms with Crippen molar-refractivity contribution in [1.29, 1.82) is 0 Å². The monoisotopic (exact) mass is 369 g/mol. The van der Waals surface area contributed by atoms with E-state index in [9.17, 15) is 17.6 Å². The van der Waals surface area contributed by atoms with Gasteiger partial charge in [0.05, 0.1) is 26.6 Å². The minimum absolute atomic E-state index is 0.0309. The van der Waals surface area contributed by atoms with Crippen LogP contribution in [-0.4, -0.2) is 17.6 Å². The fraction of sp³-hybridized carbons (Fsp3) is 0.133. The van der Waals surface area contributed by atoms with Crippen molar-refractivity contribution in [3.8, 4) is 0 Å². The van der Waals surface area contributed by atoms with Crippen LogP contribution in [0.5, 0.6) is 0 Å². The summed E-state index contributed by atoms with van der Waals surface area (Å²) in [6.45, 7) is 0. The highest BCUT2D eigenvalue weighted by Crippen LogP contribution is 2.26. The molecule has 0 amide bonds. The Balaban J connectivity index is 2.08. The summed E-state index contributed by atoms with van der Waals surface area (Å²) >= 11 is 5.85. The van der Waals surface area contributed by atoms with Crippen LogP contribution in [0.15, 0.2) is 46.1 Å². The summed E-state index contributed by atoms with van der Waals surface area (Å²) in [6.07, 6.45) is 0. The van der Waals surface area contributed by atoms with Crippen molar-refractivity contribution in [2.45, 2.75) is 4.90 Å². The van der Waals surface area contributed by atoms with E-state index in [0.717, 1.165) is 12.1 Å². The zero-order valence-electron chi connectivity index (χ0n) is 12.7. The van der Waals surface area contributed by atoms with E-state index >= 15 is 0 Å². The van der Waals surface area contributed by atoms with Crippen LogP contribution in [0, 0.1) is 5.82 Å². The van der Waals surface area contributed by atoms with Gasteiger partial charge in [-0.15, -0.1) is 0 Å². The second-order valence-electron chi connectivity index (χ2n) is 5.28. The van der Waals surface area contributed by atoms with Crippen LogP contribution < -0.4 is 10.4 Å². The third kappa shape index (κ3) is 2.67. The number of aryl methyl sites for hydroxylation is 2. The fourth-order valence-corrected chi connectivity index (χ4v) is 3.80. The van der Waals surface area contributed by atoms with Gasteiger partial charge in [-0.1, -0.05) is 11.6 Å². The average molecular weight is 370 g/mol. The molecule has 1 N–H and O–H groups in total. The van der Waals surface area contributed by atoms with Crippen LogP contribution in [0.2, 0.25) is 5.02 Å². The lowest BCUT2D eigenvalue weighted by Gasteiger charge is -2.10. The molecule has 126 valence electrons. The normalized spacial score (nSPS) is 11.8. The molecule has 0 fully saturated rings. The molecule has 24 heavy (non-hydrogen) atoms. The van der Waals surface area contributed by atoms with Crippen LogP contribution in [0.25, 0.3) is 11.0 Å². The van der Waals surface area contributed by atoms with Gasteiger partial charge in [-0.2, -0.15) is 0 Å². The number of nitrogens with zero attached hydrogens (tertiary/aromatic N) is 2. The minimum Gasteiger partial charge on any atom is -0.295 e. The van der Waals surface area contributed by atoms with E-state index in [0.29, 0.717) is 11.0 Å². The zero-order chi connectivity index (χ0) is 17.6. The van der Waals surface area contributed by atoms with E-state index in [2.05, 4.69) is 4.72 Å². The Labute approximate surface area is 142 Å². The van der Waals surface area contributed by atoms with Crippen LogP contribution in [0.1, 0.15) is 0 Å². The standard InChI is InChI=1S/C15H13ClFN3O3S/c1-19-13-6-4-10(8-14(13)20(2)15(19)21)24(22,23)18-12-5-3-9(17)7-11(12)16/h3-8,18H,1-2H3. The molecule has 3 aromatic rings. The van der Waals surface area contributed by atoms with E-state index in [1.165, 1.54) is 27.3 Å². The number of sulfonamides is 1. The molecule has 0 spiro atoms. The molecule has 1 aromatic heterocycles. The van der Waals surface area contributed by atoms with Gasteiger partial charge in [-0.05, 0) is 36.4 Å². The Bertz CT molecular complexity index is 1120. The van der Waals surface area contributed by atoms with Crippen LogP contribution in [0.4, 0.5) is 10.1 Å². The predicted octanol–water partition coefficient (Wildman–Crippen LogP) is 2.47. The first-order chi connectivity index (χ1) is 11.2. The van der Waals surface area contributed by atoms with Gasteiger partial charge in [-0.25, -0.2) is 17.6 Å². The summed E-state index contributed by atoms with van der Waals surface area (Å²) in [7, 11) is -0.775. The van der Waals surface area contributed by atoms with Crippen molar-refractivity contribution in [2.24, 2.45) is 14.1 Å². The first kappa shape index (κ1) is 16.5. The zero-order valence-corrected chi connectivity index (χ0v) is 14.3. The molecule has 1 heterocycles. The van der Waals surface area contributed by atoms with Gasteiger partial charge < -0.3 is 0 Å². The van der Waals surface area contributed by atoms with Gasteiger partial charge in [0, 0.05) is 14.1 Å². The second-order valence-corrected chi connectivity index (χ2v) is 7.37. The first-order valence-corrected chi connectivity index (χ1v) is 8.70. The van der Waals surface area contributed by atoms with E-state index in [1.807, 2.05) is 0 Å². The molecule has 0 unspecified atom stereocenters. The lowest BCUT2D eigenvalue weighted by Crippen LogP contribution is -2.19. The Morgan fingerprint density at radius 1 is 1.04 bits per heavy atom. The summed E-state index contributed by atoms with van der Waals surface area (Å²) in [5, 5.41) is -0.0493. The predicted molar refractivity (Wildman–Crippen MR) is 90.4 cm³/mol. The maximum Gasteiger partial charge on any atom is 0.328 e. The third-order valence-electron chi connectivity index (χ3n) is 3.73. The molecule has 0 atom stereocenters. The lowest BCUT2D eigenvalue weighted by molar-refractivity contribution is 0.601. The molecule has 0 saturated carbocycles. The van der Waals surface area contributed by atoms with Crippen molar-refractivity contribution in [3.63, 3.8) is 0 Å². The van der Waals surface area contributed by atoms with Crippen LogP contribution in [-0.2, 0) is 24.1 Å². The molecular weight excluding hydrogens is 357 g/mol. The average Bonchev–Trinajstić information content (AvgIpc) is 2.74. The number of benzene rings is 2. The smallest absolute Gasteiger partial charge is 0.295 e. The molecule has 0 saturated heterocycles. The molecular formula is C15H13ClFN3O3S. The molecule has 0 aliphatic rings. The van der Waals surface area contributed by atoms with Crippen molar-refractivity contribution in [2.75, 3.05) is 4.72 Å². The van der Waals surface area contributed by atoms with Gasteiger partial charge in [0.25, 0.3) is 10.0 Å². The van der Waals surface area contributed by atoms with Gasteiger partial charge in [0.15, 0.2) is 0 Å². The highest BCUT2D eigenvalue weighted by molar-refractivity contribution is 7.92. The van der Waals surface area contributed by atoms with Crippen LogP contribution in [0.3, 0.4) is 0 Å². The molecule has 0 aliphatic heterocycles. The van der Waals surface area contributed by atoms with E-state index in [4.69, 9.17) is 11.6 Å². The minimum atomic E-state index is -3.94. The largest absolute Gasteiger partial charge is 0.328 e. The number of imidazole rings is 1. The van der Waals surface area contributed by atoms with Crippen LogP contribution >= 0.6 is 11.6 Å². The molecule has 6 nitrogen and oxygen atoms in total. The Morgan fingerprint density at radius 2 is 1.71 bits per heavy atom. The third-order valence-corrected chi connectivity index (χ3v) is 5.41. The molecule has 0 bridgehead atoms. The van der Waals surface area contributed by atoms with Crippen molar-refractivity contribution in [1.82, 2.24) is 9.13 Å². The Hall–Kier alpha value is -2.32. The van der Waals surface area contributed by atoms with Crippen molar-refractivity contribution < 1.29 is 12.8 Å². The topological polar surface area (TPSA) is 73.1 Å². The quantitative estimate of drug-likeness (QED) is 0.770. The van der Waals surface area contributed by atoms with E-state index in [1.54, 1.807) is 20.2 Å². The highest BCUT2D eigenvalue weighted by atomic mass is 35.5. The molecule has 0 radical (unpaired) electrons. The molecule has 2 aromatic carbocycles. The maximum absolute atomic E-state index is 13.1. The summed E-state index contributed by atoms with van der Waals surface area (Å²) in [5.41, 5.74) is 0.908. The second kappa shape index (κ2) is 5.64. The van der Waals surface area contributed by atoms with Gasteiger partial charge in [0.1, 0.15) is 5.82 Å². The molecule has 9 heteroatoms. The first-order valence-electron chi connectivity index (χ1n) is 6.84. The summed E-state index contributed by atoms with van der Waals surface area (Å²) in [4.78, 5) is 11.9. The Morgan fingerprint density at radius 3 is 2.38 bits per heavy atom. The van der Waals surface area contributed by atoms with E-state index < -0.39 is 15.8 Å². The maximum atomic E-state index is 13.1.